The summed E-state index contributed by atoms with van der Waals surface area (Å²) in [6.07, 6.45) is 0.958. The fraction of sp³-hybridized carbons (Fsp3) is 0.273. The second-order valence-electron chi connectivity index (χ2n) is 4.20. The maximum atomic E-state index is 12.4. The number of amides is 1. The summed E-state index contributed by atoms with van der Waals surface area (Å²) in [6, 6.07) is 2.70. The highest BCUT2D eigenvalue weighted by molar-refractivity contribution is 7.89. The molecule has 1 atom stereocenters. The van der Waals surface area contributed by atoms with Gasteiger partial charge in [0.1, 0.15) is 22.7 Å². The van der Waals surface area contributed by atoms with Gasteiger partial charge in [0.15, 0.2) is 0 Å². The SMILES string of the molecule is N#Cc1ccc(S(=O)(=O)N2CC(=O)NCC2C(=O)O)cn1. The van der Waals surface area contributed by atoms with E-state index >= 15 is 0 Å². The lowest BCUT2D eigenvalue weighted by Gasteiger charge is -2.31. The van der Waals surface area contributed by atoms with E-state index in [2.05, 4.69) is 10.3 Å². The van der Waals surface area contributed by atoms with E-state index < -0.39 is 34.5 Å². The van der Waals surface area contributed by atoms with Crippen LogP contribution < -0.4 is 5.32 Å². The van der Waals surface area contributed by atoms with Crippen LogP contribution in [0.3, 0.4) is 0 Å². The first-order valence-corrected chi connectivity index (χ1v) is 7.18. The van der Waals surface area contributed by atoms with E-state index in [0.717, 1.165) is 12.3 Å². The molecule has 1 unspecified atom stereocenters. The molecule has 0 bridgehead atoms. The average Bonchev–Trinajstić information content (AvgIpc) is 2.47. The normalized spacial score (nSPS) is 19.6. The van der Waals surface area contributed by atoms with Gasteiger partial charge in [-0.15, -0.1) is 0 Å². The molecular weight excluding hydrogens is 300 g/mol. The number of nitriles is 1. The maximum Gasteiger partial charge on any atom is 0.323 e. The summed E-state index contributed by atoms with van der Waals surface area (Å²) >= 11 is 0. The van der Waals surface area contributed by atoms with Crippen molar-refractivity contribution in [2.24, 2.45) is 0 Å². The van der Waals surface area contributed by atoms with E-state index in [1.165, 1.54) is 6.07 Å². The average molecular weight is 310 g/mol. The number of nitrogens with one attached hydrogen (secondary N) is 1. The largest absolute Gasteiger partial charge is 0.480 e. The van der Waals surface area contributed by atoms with E-state index in [1.54, 1.807) is 6.07 Å². The number of carbonyl (C=O) groups is 2. The number of sulfonamides is 1. The van der Waals surface area contributed by atoms with Crippen molar-refractivity contribution in [2.75, 3.05) is 13.1 Å². The molecule has 2 rings (SSSR count). The Kier molecular flexibility index (Phi) is 3.88. The van der Waals surface area contributed by atoms with Gasteiger partial charge < -0.3 is 10.4 Å². The molecule has 1 amide bonds. The fourth-order valence-electron chi connectivity index (χ4n) is 1.82. The van der Waals surface area contributed by atoms with E-state index in [4.69, 9.17) is 10.4 Å². The molecule has 2 N–H and O–H groups in total. The van der Waals surface area contributed by atoms with Gasteiger partial charge in [-0.25, -0.2) is 13.4 Å². The Morgan fingerprint density at radius 1 is 1.52 bits per heavy atom. The highest BCUT2D eigenvalue weighted by Crippen LogP contribution is 2.19. The molecule has 0 aliphatic carbocycles. The van der Waals surface area contributed by atoms with E-state index in [-0.39, 0.29) is 17.1 Å². The van der Waals surface area contributed by atoms with Crippen molar-refractivity contribution in [3.8, 4) is 6.07 Å². The monoisotopic (exact) mass is 310 g/mol. The van der Waals surface area contributed by atoms with Gasteiger partial charge in [-0.2, -0.15) is 9.57 Å². The summed E-state index contributed by atoms with van der Waals surface area (Å²) in [4.78, 5) is 25.8. The zero-order chi connectivity index (χ0) is 15.6. The van der Waals surface area contributed by atoms with Crippen molar-refractivity contribution >= 4 is 21.9 Å². The van der Waals surface area contributed by atoms with Gasteiger partial charge in [-0.3, -0.25) is 9.59 Å². The molecule has 1 aliphatic heterocycles. The highest BCUT2D eigenvalue weighted by Gasteiger charge is 2.40. The van der Waals surface area contributed by atoms with Crippen LogP contribution >= 0.6 is 0 Å². The van der Waals surface area contributed by atoms with Gasteiger partial charge in [-0.05, 0) is 12.1 Å². The molecule has 9 nitrogen and oxygen atoms in total. The number of carbonyl (C=O) groups excluding carboxylic acids is 1. The smallest absolute Gasteiger partial charge is 0.323 e. The summed E-state index contributed by atoms with van der Waals surface area (Å²) in [5.41, 5.74) is 0.0279. The van der Waals surface area contributed by atoms with Crippen LogP contribution in [-0.4, -0.2) is 53.8 Å². The standard InChI is InChI=1S/C11H10N4O5S/c12-3-7-1-2-8(4-13-7)21(19,20)15-6-10(16)14-5-9(15)11(17)18/h1-2,4,9H,5-6H2,(H,14,16)(H,17,18). The van der Waals surface area contributed by atoms with Crippen molar-refractivity contribution in [2.45, 2.75) is 10.9 Å². The topological polar surface area (TPSA) is 140 Å². The second-order valence-corrected chi connectivity index (χ2v) is 6.09. The van der Waals surface area contributed by atoms with Crippen molar-refractivity contribution < 1.29 is 23.1 Å². The minimum atomic E-state index is -4.19. The number of piperazine rings is 1. The lowest BCUT2D eigenvalue weighted by molar-refractivity contribution is -0.143. The van der Waals surface area contributed by atoms with Gasteiger partial charge in [0, 0.05) is 12.7 Å². The van der Waals surface area contributed by atoms with Gasteiger partial charge in [0.25, 0.3) is 0 Å². The first kappa shape index (κ1) is 14.9. The summed E-state index contributed by atoms with van der Waals surface area (Å²) < 4.78 is 25.4. The molecule has 21 heavy (non-hydrogen) atoms. The van der Waals surface area contributed by atoms with Gasteiger partial charge in [0.2, 0.25) is 15.9 Å². The third kappa shape index (κ3) is 2.83. The summed E-state index contributed by atoms with van der Waals surface area (Å²) in [6.45, 7) is -0.892. The third-order valence-corrected chi connectivity index (χ3v) is 4.72. The minimum absolute atomic E-state index is 0.0279. The first-order valence-electron chi connectivity index (χ1n) is 5.74. The Hall–Kier alpha value is -2.51. The molecule has 1 fully saturated rings. The molecule has 110 valence electrons. The maximum absolute atomic E-state index is 12.4. The molecule has 10 heteroatoms. The van der Waals surface area contributed by atoms with Gasteiger partial charge >= 0.3 is 5.97 Å². The molecule has 1 aromatic heterocycles. The molecule has 2 heterocycles. The van der Waals surface area contributed by atoms with Crippen LogP contribution in [0.25, 0.3) is 0 Å². The molecule has 0 spiro atoms. The van der Waals surface area contributed by atoms with Crippen molar-refractivity contribution in [3.63, 3.8) is 0 Å². The van der Waals surface area contributed by atoms with Crippen molar-refractivity contribution in [1.82, 2.24) is 14.6 Å². The van der Waals surface area contributed by atoms with Crippen LogP contribution in [0.1, 0.15) is 5.69 Å². The molecule has 0 radical (unpaired) electrons. The van der Waals surface area contributed by atoms with E-state index in [0.29, 0.717) is 4.31 Å². The summed E-state index contributed by atoms with van der Waals surface area (Å²) in [5.74, 6) is -1.95. The first-order chi connectivity index (χ1) is 9.86. The van der Waals surface area contributed by atoms with Crippen LogP contribution in [-0.2, 0) is 19.6 Å². The van der Waals surface area contributed by atoms with E-state index in [9.17, 15) is 18.0 Å². The third-order valence-electron chi connectivity index (χ3n) is 2.88. The Balaban J connectivity index is 2.41. The predicted octanol–water partition coefficient (Wildman–Crippen LogP) is -1.47. The minimum Gasteiger partial charge on any atom is -0.480 e. The predicted molar refractivity (Wildman–Crippen MR) is 67.3 cm³/mol. The van der Waals surface area contributed by atoms with Crippen molar-refractivity contribution in [1.29, 1.82) is 5.26 Å². The number of pyridine rings is 1. The lowest BCUT2D eigenvalue weighted by Crippen LogP contribution is -2.59. The van der Waals surface area contributed by atoms with Crippen LogP contribution in [0.15, 0.2) is 23.2 Å². The molecule has 1 saturated heterocycles. The Morgan fingerprint density at radius 3 is 2.76 bits per heavy atom. The van der Waals surface area contributed by atoms with Crippen LogP contribution in [0.5, 0.6) is 0 Å². The number of carboxylic acid groups (broad SMARTS) is 1. The fourth-order valence-corrected chi connectivity index (χ4v) is 3.30. The number of aliphatic carboxylic acids is 1. The zero-order valence-electron chi connectivity index (χ0n) is 10.6. The van der Waals surface area contributed by atoms with Gasteiger partial charge in [-0.1, -0.05) is 0 Å². The summed E-state index contributed by atoms with van der Waals surface area (Å²) in [7, 11) is -4.19. The van der Waals surface area contributed by atoms with Crippen LogP contribution in [0.2, 0.25) is 0 Å². The molecule has 1 aromatic rings. The van der Waals surface area contributed by atoms with Crippen molar-refractivity contribution in [3.05, 3.63) is 24.0 Å². The Bertz CT molecular complexity index is 722. The number of rotatable bonds is 3. The second kappa shape index (κ2) is 5.47. The molecular formula is C11H10N4O5S. The molecule has 1 aliphatic rings. The number of nitrogens with zero attached hydrogens (tertiary/aromatic N) is 3. The number of hydrogen-bond donors (Lipinski definition) is 2. The van der Waals surface area contributed by atoms with Crippen LogP contribution in [0, 0.1) is 11.3 Å². The van der Waals surface area contributed by atoms with E-state index in [1.807, 2.05) is 0 Å². The number of hydrogen-bond acceptors (Lipinski definition) is 6. The molecule has 0 aromatic carbocycles. The highest BCUT2D eigenvalue weighted by atomic mass is 32.2. The number of aromatic nitrogens is 1. The summed E-state index contributed by atoms with van der Waals surface area (Å²) in [5, 5.41) is 20.0. The quantitative estimate of drug-likeness (QED) is 0.694. The molecule has 0 saturated carbocycles. The Morgan fingerprint density at radius 2 is 2.24 bits per heavy atom. The van der Waals surface area contributed by atoms with Gasteiger partial charge in [0.05, 0.1) is 6.54 Å². The zero-order valence-corrected chi connectivity index (χ0v) is 11.4. The lowest BCUT2D eigenvalue weighted by atomic mass is 10.2. The van der Waals surface area contributed by atoms with Crippen LogP contribution in [0.4, 0.5) is 0 Å². The number of carboxylic acids is 1. The Labute approximate surface area is 119 Å².